The summed E-state index contributed by atoms with van der Waals surface area (Å²) in [7, 11) is 0. The molecule has 0 bridgehead atoms. The predicted molar refractivity (Wildman–Crippen MR) is 86.9 cm³/mol. The molecule has 1 aliphatic heterocycles. The maximum atomic E-state index is 12.9. The van der Waals surface area contributed by atoms with Crippen LogP contribution in [0.15, 0.2) is 49.2 Å². The van der Waals surface area contributed by atoms with E-state index < -0.39 is 0 Å². The van der Waals surface area contributed by atoms with Crippen molar-refractivity contribution < 1.29 is 4.79 Å². The third-order valence-corrected chi connectivity index (χ3v) is 4.20. The van der Waals surface area contributed by atoms with Crippen molar-refractivity contribution in [3.8, 4) is 11.3 Å². The average molecular weight is 320 g/mol. The molecule has 3 aromatic heterocycles. The van der Waals surface area contributed by atoms with E-state index in [2.05, 4.69) is 25.1 Å². The summed E-state index contributed by atoms with van der Waals surface area (Å²) in [5.41, 5.74) is 2.89. The molecule has 0 unspecified atom stereocenters. The molecule has 0 saturated carbocycles. The predicted octanol–water partition coefficient (Wildman–Crippen LogP) is 2.24. The number of nitrogens with zero attached hydrogens (tertiary/aromatic N) is 5. The van der Waals surface area contributed by atoms with Crippen LogP contribution in [0.2, 0.25) is 0 Å². The van der Waals surface area contributed by atoms with E-state index in [-0.39, 0.29) is 11.9 Å². The van der Waals surface area contributed by atoms with Gasteiger partial charge in [-0.1, -0.05) is 0 Å². The number of H-pyrrole nitrogens is 1. The van der Waals surface area contributed by atoms with Gasteiger partial charge in [0.25, 0.3) is 5.91 Å². The number of aromatic amines is 1. The first-order valence-electron chi connectivity index (χ1n) is 7.85. The number of rotatable bonds is 3. The molecule has 1 N–H and O–H groups in total. The largest absolute Gasteiger partial charge is 0.329 e. The first kappa shape index (κ1) is 14.5. The number of likely N-dealkylation sites (tertiary alicyclic amines) is 1. The average Bonchev–Trinajstić information content (AvgIpc) is 3.32. The fourth-order valence-corrected chi connectivity index (χ4v) is 3.05. The van der Waals surface area contributed by atoms with Crippen LogP contribution in [0.5, 0.6) is 0 Å². The number of carbonyl (C=O) groups is 1. The van der Waals surface area contributed by atoms with Gasteiger partial charge in [0.2, 0.25) is 0 Å². The molecule has 1 amide bonds. The van der Waals surface area contributed by atoms with Crippen LogP contribution >= 0.6 is 0 Å². The van der Waals surface area contributed by atoms with Crippen molar-refractivity contribution in [1.29, 1.82) is 0 Å². The van der Waals surface area contributed by atoms with Crippen molar-refractivity contribution >= 4 is 5.91 Å². The lowest BCUT2D eigenvalue weighted by atomic mass is 10.1. The van der Waals surface area contributed by atoms with Gasteiger partial charge in [0.05, 0.1) is 23.6 Å². The molecule has 24 heavy (non-hydrogen) atoms. The molecule has 0 spiro atoms. The molecule has 4 heterocycles. The lowest BCUT2D eigenvalue weighted by molar-refractivity contribution is 0.0726. The van der Waals surface area contributed by atoms with Gasteiger partial charge in [-0.2, -0.15) is 5.10 Å². The first-order valence-corrected chi connectivity index (χ1v) is 7.85. The van der Waals surface area contributed by atoms with Gasteiger partial charge in [0.15, 0.2) is 0 Å². The molecule has 4 rings (SSSR count). The fraction of sp³-hybridized carbons (Fsp3) is 0.235. The molecule has 120 valence electrons. The lowest BCUT2D eigenvalue weighted by Gasteiger charge is -2.23. The van der Waals surface area contributed by atoms with Crippen molar-refractivity contribution in [2.45, 2.75) is 18.9 Å². The zero-order chi connectivity index (χ0) is 16.4. The highest BCUT2D eigenvalue weighted by molar-refractivity contribution is 5.93. The van der Waals surface area contributed by atoms with E-state index in [0.29, 0.717) is 17.9 Å². The van der Waals surface area contributed by atoms with Gasteiger partial charge in [0, 0.05) is 36.9 Å². The third-order valence-electron chi connectivity index (χ3n) is 4.20. The van der Waals surface area contributed by atoms with Crippen LogP contribution in [0.25, 0.3) is 11.3 Å². The van der Waals surface area contributed by atoms with Crippen LogP contribution in [-0.4, -0.2) is 42.5 Å². The van der Waals surface area contributed by atoms with Crippen molar-refractivity contribution in [2.75, 3.05) is 6.54 Å². The van der Waals surface area contributed by atoms with Gasteiger partial charge < -0.3 is 4.90 Å². The zero-order valence-corrected chi connectivity index (χ0v) is 13.0. The summed E-state index contributed by atoms with van der Waals surface area (Å²) < 4.78 is 0. The third kappa shape index (κ3) is 2.64. The van der Waals surface area contributed by atoms with Crippen LogP contribution in [0, 0.1) is 0 Å². The smallest absolute Gasteiger partial charge is 0.272 e. The Kier molecular flexibility index (Phi) is 3.74. The molecule has 1 fully saturated rings. The summed E-state index contributed by atoms with van der Waals surface area (Å²) in [6.45, 7) is 0.710. The van der Waals surface area contributed by atoms with E-state index in [1.165, 1.54) is 0 Å². The summed E-state index contributed by atoms with van der Waals surface area (Å²) in [6, 6.07) is 5.49. The maximum absolute atomic E-state index is 12.9. The van der Waals surface area contributed by atoms with Gasteiger partial charge >= 0.3 is 0 Å². The summed E-state index contributed by atoms with van der Waals surface area (Å²) >= 11 is 0. The minimum absolute atomic E-state index is 0.0312. The molecule has 1 aliphatic rings. The Bertz CT molecular complexity index is 833. The van der Waals surface area contributed by atoms with Crippen LogP contribution in [-0.2, 0) is 0 Å². The summed E-state index contributed by atoms with van der Waals surface area (Å²) in [6.07, 6.45) is 10.3. The van der Waals surface area contributed by atoms with Crippen LogP contribution in [0.3, 0.4) is 0 Å². The Morgan fingerprint density at radius 1 is 1.21 bits per heavy atom. The fourth-order valence-electron chi connectivity index (χ4n) is 3.05. The molecule has 7 nitrogen and oxygen atoms in total. The summed E-state index contributed by atoms with van der Waals surface area (Å²) in [5.74, 6) is -0.0641. The minimum atomic E-state index is -0.0641. The Morgan fingerprint density at radius 3 is 2.92 bits per heavy atom. The van der Waals surface area contributed by atoms with E-state index >= 15 is 0 Å². The molecule has 0 radical (unpaired) electrons. The molecule has 1 atom stereocenters. The summed E-state index contributed by atoms with van der Waals surface area (Å²) in [5, 5.41) is 7.08. The van der Waals surface area contributed by atoms with Gasteiger partial charge in [-0.15, -0.1) is 0 Å². The second kappa shape index (κ2) is 6.19. The molecule has 0 aromatic carbocycles. The molecular formula is C17H16N6O. The number of hydrogen-bond donors (Lipinski definition) is 1. The molecule has 3 aromatic rings. The summed E-state index contributed by atoms with van der Waals surface area (Å²) in [4.78, 5) is 27.2. The van der Waals surface area contributed by atoms with Crippen LogP contribution < -0.4 is 0 Å². The van der Waals surface area contributed by atoms with E-state index in [4.69, 9.17) is 0 Å². The highest BCUT2D eigenvalue weighted by Gasteiger charge is 2.32. The maximum Gasteiger partial charge on any atom is 0.272 e. The number of pyridine rings is 1. The number of hydrogen-bond acceptors (Lipinski definition) is 5. The highest BCUT2D eigenvalue weighted by Crippen LogP contribution is 2.31. The van der Waals surface area contributed by atoms with Gasteiger partial charge in [-0.05, 0) is 31.0 Å². The van der Waals surface area contributed by atoms with Gasteiger partial charge in [0.1, 0.15) is 5.69 Å². The topological polar surface area (TPSA) is 87.7 Å². The second-order valence-corrected chi connectivity index (χ2v) is 5.70. The monoisotopic (exact) mass is 320 g/mol. The highest BCUT2D eigenvalue weighted by atomic mass is 16.2. The zero-order valence-electron chi connectivity index (χ0n) is 13.0. The minimum Gasteiger partial charge on any atom is -0.329 e. The molecule has 0 aliphatic carbocycles. The molecular weight excluding hydrogens is 304 g/mol. The van der Waals surface area contributed by atoms with E-state index in [1.54, 1.807) is 37.1 Å². The van der Waals surface area contributed by atoms with Crippen molar-refractivity contribution in [3.63, 3.8) is 0 Å². The Labute approximate surface area is 138 Å². The Morgan fingerprint density at radius 2 is 2.12 bits per heavy atom. The number of carbonyl (C=O) groups excluding carboxylic acids is 1. The van der Waals surface area contributed by atoms with E-state index in [1.807, 2.05) is 17.0 Å². The molecule has 7 heteroatoms. The SMILES string of the molecule is O=C(c1cc(-c2cccnc2)n[nH]1)N1CCC[C@@H]1c1cnccn1. The van der Waals surface area contributed by atoms with Crippen molar-refractivity contribution in [2.24, 2.45) is 0 Å². The van der Waals surface area contributed by atoms with E-state index in [0.717, 1.165) is 24.1 Å². The second-order valence-electron chi connectivity index (χ2n) is 5.70. The number of aromatic nitrogens is 5. The molecule has 1 saturated heterocycles. The lowest BCUT2D eigenvalue weighted by Crippen LogP contribution is -2.31. The quantitative estimate of drug-likeness (QED) is 0.799. The van der Waals surface area contributed by atoms with Crippen molar-refractivity contribution in [1.82, 2.24) is 30.0 Å². The number of amides is 1. The first-order chi connectivity index (χ1) is 11.8. The van der Waals surface area contributed by atoms with Crippen LogP contribution in [0.4, 0.5) is 0 Å². The van der Waals surface area contributed by atoms with E-state index in [9.17, 15) is 4.79 Å². The Hall–Kier alpha value is -3.09. The van der Waals surface area contributed by atoms with Gasteiger partial charge in [-0.25, -0.2) is 0 Å². The standard InChI is InChI=1S/C17H16N6O/c24-17(14-9-13(21-22-14)12-3-1-5-18-10-12)23-8-2-4-16(23)15-11-19-6-7-20-15/h1,3,5-7,9-11,16H,2,4,8H2,(H,21,22)/t16-/m1/s1. The van der Waals surface area contributed by atoms with Crippen LogP contribution in [0.1, 0.15) is 35.1 Å². The van der Waals surface area contributed by atoms with Crippen molar-refractivity contribution in [3.05, 3.63) is 60.6 Å². The normalized spacial score (nSPS) is 17.2. The Balaban J connectivity index is 1.58. The number of nitrogens with one attached hydrogen (secondary N) is 1. The van der Waals surface area contributed by atoms with Gasteiger partial charge in [-0.3, -0.25) is 24.8 Å².